The summed E-state index contributed by atoms with van der Waals surface area (Å²) in [5.74, 6) is -3.46. The Balaban J connectivity index is 1.36. The second-order valence-corrected chi connectivity index (χ2v) is 10.2. The second kappa shape index (κ2) is 11.4. The molecular weight excluding hydrogens is 560 g/mol. The third kappa shape index (κ3) is 6.73. The summed E-state index contributed by atoms with van der Waals surface area (Å²) < 4.78 is 52.7. The summed E-state index contributed by atoms with van der Waals surface area (Å²) in [6.45, 7) is -0.0168. The number of nitrogens with zero attached hydrogens (tertiary/aromatic N) is 1. The minimum Gasteiger partial charge on any atom is -0.478 e. The van der Waals surface area contributed by atoms with E-state index in [4.69, 9.17) is 5.11 Å². The van der Waals surface area contributed by atoms with Crippen LogP contribution < -0.4 is 5.32 Å². The van der Waals surface area contributed by atoms with Gasteiger partial charge < -0.3 is 10.4 Å². The Labute approximate surface area is 227 Å². The van der Waals surface area contributed by atoms with Crippen LogP contribution in [-0.4, -0.2) is 39.6 Å². The fourth-order valence-corrected chi connectivity index (χ4v) is 5.37. The Hall–Kier alpha value is -3.97. The zero-order valence-electron chi connectivity index (χ0n) is 19.8. The van der Waals surface area contributed by atoms with Gasteiger partial charge in [0.25, 0.3) is 11.1 Å². The normalized spacial score (nSPS) is 14.8. The van der Waals surface area contributed by atoms with Gasteiger partial charge in [0.2, 0.25) is 5.91 Å². The van der Waals surface area contributed by atoms with Crippen LogP contribution in [0.5, 0.6) is 0 Å². The molecule has 1 aliphatic rings. The Bertz CT molecular complexity index is 1480. The van der Waals surface area contributed by atoms with Crippen LogP contribution in [0.4, 0.5) is 22.4 Å². The fraction of sp³-hybridized carbons (Fsp3) is 0.154. The molecule has 1 fully saturated rings. The van der Waals surface area contributed by atoms with Crippen LogP contribution in [-0.2, 0) is 22.3 Å². The van der Waals surface area contributed by atoms with Crippen LogP contribution in [0, 0.1) is 5.82 Å². The molecule has 2 N–H and O–H groups in total. The van der Waals surface area contributed by atoms with Crippen molar-refractivity contribution in [3.05, 3.63) is 86.2 Å². The van der Waals surface area contributed by atoms with E-state index in [0.717, 1.165) is 22.3 Å². The average molecular weight is 579 g/mol. The third-order valence-electron chi connectivity index (χ3n) is 5.62. The monoisotopic (exact) mass is 578 g/mol. The van der Waals surface area contributed by atoms with Gasteiger partial charge in [-0.2, -0.15) is 13.2 Å². The first kappa shape index (κ1) is 28.0. The molecule has 202 valence electrons. The number of thiophene rings is 1. The van der Waals surface area contributed by atoms with Crippen molar-refractivity contribution in [3.8, 4) is 11.1 Å². The Morgan fingerprint density at radius 3 is 2.41 bits per heavy atom. The number of hydrogen-bond donors (Lipinski definition) is 2. The zero-order chi connectivity index (χ0) is 28.3. The number of carboxylic acids is 1. The molecule has 1 aliphatic heterocycles. The van der Waals surface area contributed by atoms with Gasteiger partial charge in [-0.05, 0) is 70.2 Å². The molecule has 0 unspecified atom stereocenters. The number of amides is 3. The van der Waals surface area contributed by atoms with Crippen LogP contribution in [0.15, 0.2) is 58.8 Å². The maximum absolute atomic E-state index is 13.6. The van der Waals surface area contributed by atoms with Crippen LogP contribution in [0.25, 0.3) is 17.2 Å². The van der Waals surface area contributed by atoms with E-state index in [-0.39, 0.29) is 35.5 Å². The molecule has 3 aromatic rings. The fourth-order valence-electron chi connectivity index (χ4n) is 3.59. The molecule has 39 heavy (non-hydrogen) atoms. The molecule has 0 spiro atoms. The van der Waals surface area contributed by atoms with Crippen molar-refractivity contribution in [3.63, 3.8) is 0 Å². The van der Waals surface area contributed by atoms with Gasteiger partial charge in [-0.1, -0.05) is 18.2 Å². The van der Waals surface area contributed by atoms with Crippen LogP contribution in [0.1, 0.15) is 32.8 Å². The van der Waals surface area contributed by atoms with Crippen molar-refractivity contribution in [1.82, 2.24) is 10.2 Å². The third-order valence-corrected chi connectivity index (χ3v) is 7.41. The Morgan fingerprint density at radius 1 is 1.03 bits per heavy atom. The lowest BCUT2D eigenvalue weighted by Gasteiger charge is -2.12. The Kier molecular flexibility index (Phi) is 8.21. The van der Waals surface area contributed by atoms with Crippen molar-refractivity contribution in [1.29, 1.82) is 0 Å². The second-order valence-electron chi connectivity index (χ2n) is 8.29. The molecule has 1 aromatic heterocycles. The molecule has 7 nitrogen and oxygen atoms in total. The van der Waals surface area contributed by atoms with E-state index in [9.17, 15) is 36.7 Å². The number of halogens is 4. The zero-order valence-corrected chi connectivity index (χ0v) is 21.4. The summed E-state index contributed by atoms with van der Waals surface area (Å²) in [7, 11) is 0. The molecule has 1 saturated heterocycles. The molecule has 0 aliphatic carbocycles. The van der Waals surface area contributed by atoms with E-state index < -0.39 is 40.6 Å². The van der Waals surface area contributed by atoms with Crippen LogP contribution >= 0.6 is 23.1 Å². The van der Waals surface area contributed by atoms with Crippen molar-refractivity contribution in [2.24, 2.45) is 0 Å². The first-order chi connectivity index (χ1) is 18.4. The lowest BCUT2D eigenvalue weighted by Crippen LogP contribution is -2.33. The largest absolute Gasteiger partial charge is 0.478 e. The molecule has 0 bridgehead atoms. The number of thioether (sulfide) groups is 1. The average Bonchev–Trinajstić information content (AvgIpc) is 3.45. The number of carbonyl (C=O) groups excluding carboxylic acids is 3. The van der Waals surface area contributed by atoms with Crippen LogP contribution in [0.3, 0.4) is 0 Å². The van der Waals surface area contributed by atoms with Crippen molar-refractivity contribution in [2.75, 3.05) is 6.54 Å². The number of alkyl halides is 3. The highest BCUT2D eigenvalue weighted by atomic mass is 32.2. The van der Waals surface area contributed by atoms with Gasteiger partial charge in [0.15, 0.2) is 0 Å². The maximum atomic E-state index is 13.6. The number of carbonyl (C=O) groups is 4. The van der Waals surface area contributed by atoms with Gasteiger partial charge in [-0.25, -0.2) is 9.18 Å². The van der Waals surface area contributed by atoms with E-state index in [0.29, 0.717) is 33.8 Å². The molecule has 0 radical (unpaired) electrons. The van der Waals surface area contributed by atoms with Crippen molar-refractivity contribution >= 4 is 52.2 Å². The van der Waals surface area contributed by atoms with E-state index in [1.807, 2.05) is 0 Å². The quantitative estimate of drug-likeness (QED) is 0.251. The summed E-state index contributed by atoms with van der Waals surface area (Å²) in [4.78, 5) is 49.7. The molecular formula is C26H18F4N2O5S2. The number of aromatic carboxylic acids is 1. The van der Waals surface area contributed by atoms with Crippen molar-refractivity contribution in [2.45, 2.75) is 19.1 Å². The molecule has 0 atom stereocenters. The summed E-state index contributed by atoms with van der Waals surface area (Å²) >= 11 is 1.82. The molecule has 13 heteroatoms. The molecule has 4 rings (SSSR count). The van der Waals surface area contributed by atoms with Gasteiger partial charge in [-0.15, -0.1) is 11.3 Å². The first-order valence-corrected chi connectivity index (χ1v) is 12.9. The molecule has 3 amide bonds. The first-order valence-electron chi connectivity index (χ1n) is 11.2. The minimum atomic E-state index is -4.85. The van der Waals surface area contributed by atoms with E-state index >= 15 is 0 Å². The van der Waals surface area contributed by atoms with E-state index in [1.165, 1.54) is 30.3 Å². The predicted molar refractivity (Wildman–Crippen MR) is 137 cm³/mol. The number of carboxylic acid groups (broad SMARTS) is 1. The van der Waals surface area contributed by atoms with E-state index in [2.05, 4.69) is 5.32 Å². The van der Waals surface area contributed by atoms with Gasteiger partial charge in [0, 0.05) is 24.4 Å². The molecule has 2 heterocycles. The number of nitrogens with one attached hydrogen (secondary N) is 1. The maximum Gasteiger partial charge on any atom is 0.419 e. The van der Waals surface area contributed by atoms with Gasteiger partial charge in [0.1, 0.15) is 5.82 Å². The standard InChI is InChI=1S/C26H18F4N2O5S2/c27-20-6-5-16(10-19(20)26(28,29)30)17-9-18(38-13-17)11-21-23(34)32(25(37)39-21)8-7-22(33)31-12-14-1-3-15(4-2-14)24(35)36/h1-6,9-11,13H,7-8,12H2,(H,31,33)(H,35,36). The summed E-state index contributed by atoms with van der Waals surface area (Å²) in [6.07, 6.45) is -3.55. The van der Waals surface area contributed by atoms with Gasteiger partial charge in [-0.3, -0.25) is 19.3 Å². The summed E-state index contributed by atoms with van der Waals surface area (Å²) in [5, 5.41) is 12.6. The van der Waals surface area contributed by atoms with E-state index in [1.54, 1.807) is 17.5 Å². The SMILES string of the molecule is O=C(CCN1C(=O)SC(=Cc2cc(-c3ccc(F)c(C(F)(F)F)c3)cs2)C1=O)NCc1ccc(C(=O)O)cc1. The highest BCUT2D eigenvalue weighted by molar-refractivity contribution is 8.18. The number of rotatable bonds is 8. The van der Waals surface area contributed by atoms with Gasteiger partial charge in [0.05, 0.1) is 16.0 Å². The molecule has 2 aromatic carbocycles. The highest BCUT2D eigenvalue weighted by Crippen LogP contribution is 2.37. The lowest BCUT2D eigenvalue weighted by molar-refractivity contribution is -0.140. The summed E-state index contributed by atoms with van der Waals surface area (Å²) in [6, 6.07) is 10.2. The molecule has 0 saturated carbocycles. The number of hydrogen-bond acceptors (Lipinski definition) is 6. The lowest BCUT2D eigenvalue weighted by atomic mass is 10.0. The Morgan fingerprint density at radius 2 is 1.74 bits per heavy atom. The van der Waals surface area contributed by atoms with Crippen molar-refractivity contribution < 1.29 is 41.8 Å². The highest BCUT2D eigenvalue weighted by Gasteiger charge is 2.36. The smallest absolute Gasteiger partial charge is 0.419 e. The number of imide groups is 1. The number of benzene rings is 2. The summed E-state index contributed by atoms with van der Waals surface area (Å²) in [5.41, 5.74) is -0.0498. The van der Waals surface area contributed by atoms with Gasteiger partial charge >= 0.3 is 12.1 Å². The van der Waals surface area contributed by atoms with Crippen LogP contribution in [0.2, 0.25) is 0 Å². The minimum absolute atomic E-state index is 0.0995. The topological polar surface area (TPSA) is 104 Å². The predicted octanol–water partition coefficient (Wildman–Crippen LogP) is 6.01.